The third kappa shape index (κ3) is 4.05. The number of carboxylic acid groups (broad SMARTS) is 1. The number of benzene rings is 1. The molecule has 0 spiro atoms. The van der Waals surface area contributed by atoms with Crippen LogP contribution in [0.3, 0.4) is 0 Å². The van der Waals surface area contributed by atoms with E-state index < -0.39 is 16.0 Å². The van der Waals surface area contributed by atoms with E-state index in [0.717, 1.165) is 18.4 Å². The number of aliphatic carboxylic acids is 1. The van der Waals surface area contributed by atoms with E-state index in [-0.39, 0.29) is 17.4 Å². The van der Waals surface area contributed by atoms with E-state index in [1.807, 2.05) is 6.92 Å². The molecular weight excluding hydrogens is 278 g/mol. The van der Waals surface area contributed by atoms with Crippen LogP contribution in [0.25, 0.3) is 0 Å². The Bertz CT molecular complexity index is 576. The van der Waals surface area contributed by atoms with Crippen molar-refractivity contribution in [2.24, 2.45) is 5.92 Å². The number of sulfonamides is 1. The molecule has 2 rings (SSSR count). The van der Waals surface area contributed by atoms with E-state index in [9.17, 15) is 13.2 Å². The number of rotatable bonds is 7. The van der Waals surface area contributed by atoms with Gasteiger partial charge in [0.25, 0.3) is 0 Å². The van der Waals surface area contributed by atoms with Gasteiger partial charge in [0.05, 0.1) is 4.90 Å². The van der Waals surface area contributed by atoms with Gasteiger partial charge >= 0.3 is 5.97 Å². The summed E-state index contributed by atoms with van der Waals surface area (Å²) >= 11 is 0. The molecule has 1 aromatic rings. The summed E-state index contributed by atoms with van der Waals surface area (Å²) in [6, 6.07) is 6.35. The van der Waals surface area contributed by atoms with E-state index in [1.165, 1.54) is 12.1 Å². The first-order valence-corrected chi connectivity index (χ1v) is 8.20. The maximum atomic E-state index is 12.1. The lowest BCUT2D eigenvalue weighted by Gasteiger charge is -2.13. The minimum Gasteiger partial charge on any atom is -0.481 e. The van der Waals surface area contributed by atoms with Crippen molar-refractivity contribution < 1.29 is 18.3 Å². The summed E-state index contributed by atoms with van der Waals surface area (Å²) in [5, 5.41) is 8.61. The first-order chi connectivity index (χ1) is 9.38. The van der Waals surface area contributed by atoms with Gasteiger partial charge in [0, 0.05) is 12.5 Å². The van der Waals surface area contributed by atoms with Crippen molar-refractivity contribution in [3.05, 3.63) is 29.8 Å². The number of hydrogen-bond acceptors (Lipinski definition) is 3. The maximum Gasteiger partial charge on any atom is 0.303 e. The van der Waals surface area contributed by atoms with Crippen molar-refractivity contribution in [3.8, 4) is 0 Å². The molecule has 0 aromatic heterocycles. The molecule has 5 nitrogen and oxygen atoms in total. The first kappa shape index (κ1) is 15.0. The highest BCUT2D eigenvalue weighted by Gasteiger charge is 2.31. The summed E-state index contributed by atoms with van der Waals surface area (Å²) in [4.78, 5) is 10.7. The Kier molecular flexibility index (Phi) is 4.45. The fourth-order valence-corrected chi connectivity index (χ4v) is 3.40. The molecule has 0 heterocycles. The van der Waals surface area contributed by atoms with E-state index in [1.54, 1.807) is 12.1 Å². The van der Waals surface area contributed by atoms with Gasteiger partial charge in [-0.05, 0) is 49.8 Å². The van der Waals surface area contributed by atoms with Crippen LogP contribution in [0.5, 0.6) is 0 Å². The predicted octanol–water partition coefficient (Wildman–Crippen LogP) is 1.78. The van der Waals surface area contributed by atoms with Crippen LogP contribution in [0.2, 0.25) is 0 Å². The molecule has 0 radical (unpaired) electrons. The summed E-state index contributed by atoms with van der Waals surface area (Å²) in [5.41, 5.74) is 0.821. The van der Waals surface area contributed by atoms with Crippen molar-refractivity contribution in [3.63, 3.8) is 0 Å². The van der Waals surface area contributed by atoms with Gasteiger partial charge in [-0.3, -0.25) is 4.79 Å². The molecule has 6 heteroatoms. The van der Waals surface area contributed by atoms with E-state index in [0.29, 0.717) is 12.3 Å². The third-order valence-corrected chi connectivity index (χ3v) is 5.11. The Morgan fingerprint density at radius 3 is 2.45 bits per heavy atom. The second kappa shape index (κ2) is 5.93. The summed E-state index contributed by atoms with van der Waals surface area (Å²) in [6.07, 6.45) is 2.61. The van der Waals surface area contributed by atoms with Crippen molar-refractivity contribution in [2.75, 3.05) is 0 Å². The molecule has 1 fully saturated rings. The monoisotopic (exact) mass is 297 g/mol. The standard InChI is InChI=1S/C14H19NO4S/c1-10(12-5-6-12)15-20(18,19)13-7-2-11(3-8-13)4-9-14(16)17/h2-3,7-8,10,12,15H,4-6,9H2,1H3,(H,16,17). The zero-order chi connectivity index (χ0) is 14.8. The van der Waals surface area contributed by atoms with Gasteiger partial charge in [-0.1, -0.05) is 12.1 Å². The number of aryl methyl sites for hydroxylation is 1. The highest BCUT2D eigenvalue weighted by Crippen LogP contribution is 2.33. The van der Waals surface area contributed by atoms with Crippen LogP contribution in [0.4, 0.5) is 0 Å². The number of carboxylic acids is 1. The number of hydrogen-bond donors (Lipinski definition) is 2. The Morgan fingerprint density at radius 1 is 1.35 bits per heavy atom. The molecule has 1 aromatic carbocycles. The first-order valence-electron chi connectivity index (χ1n) is 6.71. The molecular formula is C14H19NO4S. The molecule has 1 aliphatic carbocycles. The second-order valence-corrected chi connectivity index (χ2v) is 7.00. The zero-order valence-electron chi connectivity index (χ0n) is 11.4. The van der Waals surface area contributed by atoms with Gasteiger partial charge in [0.15, 0.2) is 0 Å². The Hall–Kier alpha value is -1.40. The fourth-order valence-electron chi connectivity index (χ4n) is 2.09. The van der Waals surface area contributed by atoms with E-state index >= 15 is 0 Å². The lowest BCUT2D eigenvalue weighted by atomic mass is 10.1. The molecule has 110 valence electrons. The summed E-state index contributed by atoms with van der Waals surface area (Å²) in [7, 11) is -3.48. The van der Waals surface area contributed by atoms with Gasteiger partial charge in [-0.2, -0.15) is 0 Å². The lowest BCUT2D eigenvalue weighted by molar-refractivity contribution is -0.136. The molecule has 0 saturated heterocycles. The number of nitrogens with one attached hydrogen (secondary N) is 1. The lowest BCUT2D eigenvalue weighted by Crippen LogP contribution is -2.33. The van der Waals surface area contributed by atoms with E-state index in [2.05, 4.69) is 4.72 Å². The van der Waals surface area contributed by atoms with Gasteiger partial charge in [0.2, 0.25) is 10.0 Å². The van der Waals surface area contributed by atoms with Crippen LogP contribution in [0.1, 0.15) is 31.7 Å². The smallest absolute Gasteiger partial charge is 0.303 e. The normalized spacial score (nSPS) is 16.9. The molecule has 0 amide bonds. The van der Waals surface area contributed by atoms with Crippen molar-refractivity contribution in [1.82, 2.24) is 4.72 Å². The highest BCUT2D eigenvalue weighted by molar-refractivity contribution is 7.89. The minimum atomic E-state index is -3.48. The van der Waals surface area contributed by atoms with Crippen LogP contribution in [0.15, 0.2) is 29.2 Å². The largest absolute Gasteiger partial charge is 0.481 e. The molecule has 2 N–H and O–H groups in total. The molecule has 1 aliphatic rings. The van der Waals surface area contributed by atoms with Gasteiger partial charge < -0.3 is 5.11 Å². The SMILES string of the molecule is CC(NS(=O)(=O)c1ccc(CCC(=O)O)cc1)C1CC1. The minimum absolute atomic E-state index is 0.0355. The summed E-state index contributed by atoms with van der Waals surface area (Å²) in [5.74, 6) is -0.402. The van der Waals surface area contributed by atoms with Gasteiger partial charge in [0.1, 0.15) is 0 Å². The maximum absolute atomic E-state index is 12.1. The quantitative estimate of drug-likeness (QED) is 0.803. The van der Waals surface area contributed by atoms with Crippen LogP contribution in [0, 0.1) is 5.92 Å². The third-order valence-electron chi connectivity index (χ3n) is 3.53. The van der Waals surface area contributed by atoms with Gasteiger partial charge in [-0.25, -0.2) is 13.1 Å². The zero-order valence-corrected chi connectivity index (χ0v) is 12.2. The predicted molar refractivity (Wildman–Crippen MR) is 74.9 cm³/mol. The fraction of sp³-hybridized carbons (Fsp3) is 0.500. The molecule has 0 bridgehead atoms. The van der Waals surface area contributed by atoms with Crippen LogP contribution in [-0.2, 0) is 21.2 Å². The van der Waals surface area contributed by atoms with Crippen LogP contribution >= 0.6 is 0 Å². The van der Waals surface area contributed by atoms with Crippen molar-refractivity contribution in [2.45, 2.75) is 43.5 Å². The highest BCUT2D eigenvalue weighted by atomic mass is 32.2. The van der Waals surface area contributed by atoms with Gasteiger partial charge in [-0.15, -0.1) is 0 Å². The average Bonchev–Trinajstić information content (AvgIpc) is 3.20. The summed E-state index contributed by atoms with van der Waals surface area (Å²) < 4.78 is 27.0. The van der Waals surface area contributed by atoms with Crippen LogP contribution in [-0.4, -0.2) is 25.5 Å². The average molecular weight is 297 g/mol. The molecule has 20 heavy (non-hydrogen) atoms. The Balaban J connectivity index is 2.02. The van der Waals surface area contributed by atoms with Crippen molar-refractivity contribution >= 4 is 16.0 Å². The number of carbonyl (C=O) groups is 1. The molecule has 1 saturated carbocycles. The molecule has 0 aliphatic heterocycles. The van der Waals surface area contributed by atoms with Crippen molar-refractivity contribution in [1.29, 1.82) is 0 Å². The summed E-state index contributed by atoms with van der Waals surface area (Å²) in [6.45, 7) is 1.89. The second-order valence-electron chi connectivity index (χ2n) is 5.29. The van der Waals surface area contributed by atoms with Crippen LogP contribution < -0.4 is 4.72 Å². The Labute approximate surface area is 119 Å². The Morgan fingerprint density at radius 2 is 1.95 bits per heavy atom. The molecule has 1 atom stereocenters. The molecule has 1 unspecified atom stereocenters. The topological polar surface area (TPSA) is 83.5 Å². The van der Waals surface area contributed by atoms with E-state index in [4.69, 9.17) is 5.11 Å².